The smallest absolute Gasteiger partial charge is 0.167 e. The summed E-state index contributed by atoms with van der Waals surface area (Å²) in [5.74, 6) is 0.790. The maximum atomic E-state index is 13.8. The Hall–Kier alpha value is -0.830. The number of hydrogen-bond donors (Lipinski definition) is 0. The van der Waals surface area contributed by atoms with Crippen LogP contribution in [-0.4, -0.2) is 18.1 Å². The molecule has 17 heavy (non-hydrogen) atoms. The number of pyridine rings is 1. The van der Waals surface area contributed by atoms with Gasteiger partial charge in [0.25, 0.3) is 0 Å². The third-order valence-corrected chi connectivity index (χ3v) is 3.79. The van der Waals surface area contributed by atoms with Gasteiger partial charge in [0, 0.05) is 19.3 Å². The molecule has 2 nitrogen and oxygen atoms in total. The lowest BCUT2D eigenvalue weighted by atomic mass is 9.86. The van der Waals surface area contributed by atoms with Gasteiger partial charge in [-0.15, -0.1) is 0 Å². The van der Waals surface area contributed by atoms with Crippen molar-refractivity contribution >= 4 is 17.4 Å². The average molecular weight is 257 g/mol. The van der Waals surface area contributed by atoms with E-state index in [4.69, 9.17) is 11.6 Å². The van der Waals surface area contributed by atoms with Crippen LogP contribution in [0, 0.1) is 11.7 Å². The lowest BCUT2D eigenvalue weighted by molar-refractivity contribution is 0.334. The second-order valence-corrected chi connectivity index (χ2v) is 5.43. The van der Waals surface area contributed by atoms with E-state index in [0.717, 1.165) is 12.8 Å². The molecule has 2 rings (SSSR count). The first-order chi connectivity index (χ1) is 8.08. The number of anilines is 1. The van der Waals surface area contributed by atoms with Gasteiger partial charge in [0.2, 0.25) is 0 Å². The fourth-order valence-electron chi connectivity index (χ4n) is 2.59. The molecule has 1 aromatic heterocycles. The Morgan fingerprint density at radius 1 is 1.47 bits per heavy atom. The van der Waals surface area contributed by atoms with Crippen LogP contribution in [0.25, 0.3) is 0 Å². The third kappa shape index (κ3) is 2.89. The van der Waals surface area contributed by atoms with Crippen LogP contribution in [0.15, 0.2) is 12.3 Å². The van der Waals surface area contributed by atoms with Crippen LogP contribution in [0.3, 0.4) is 0 Å². The molecule has 2 atom stereocenters. The minimum atomic E-state index is -0.335. The largest absolute Gasteiger partial charge is 0.354 e. The molecule has 2 unspecified atom stereocenters. The summed E-state index contributed by atoms with van der Waals surface area (Å²) in [5.41, 5.74) is 0. The van der Waals surface area contributed by atoms with Gasteiger partial charge >= 0.3 is 0 Å². The highest BCUT2D eigenvalue weighted by Gasteiger charge is 2.24. The number of hydrogen-bond acceptors (Lipinski definition) is 2. The van der Waals surface area contributed by atoms with Gasteiger partial charge in [0.1, 0.15) is 0 Å². The van der Waals surface area contributed by atoms with Crippen molar-refractivity contribution in [3.63, 3.8) is 0 Å². The van der Waals surface area contributed by atoms with Crippen molar-refractivity contribution < 1.29 is 4.39 Å². The van der Waals surface area contributed by atoms with E-state index >= 15 is 0 Å². The first-order valence-corrected chi connectivity index (χ1v) is 6.49. The van der Waals surface area contributed by atoms with Crippen LogP contribution < -0.4 is 4.90 Å². The highest BCUT2D eigenvalue weighted by Crippen LogP contribution is 2.30. The zero-order valence-corrected chi connectivity index (χ0v) is 11.0. The van der Waals surface area contributed by atoms with Crippen LogP contribution in [0.1, 0.15) is 32.6 Å². The average Bonchev–Trinajstić information content (AvgIpc) is 2.28. The summed E-state index contributed by atoms with van der Waals surface area (Å²) in [6.45, 7) is 2.26. The van der Waals surface area contributed by atoms with E-state index < -0.39 is 0 Å². The lowest BCUT2D eigenvalue weighted by Gasteiger charge is -2.34. The second kappa shape index (κ2) is 5.21. The highest BCUT2D eigenvalue weighted by molar-refractivity contribution is 6.30. The van der Waals surface area contributed by atoms with Gasteiger partial charge in [-0.2, -0.15) is 0 Å². The summed E-state index contributed by atoms with van der Waals surface area (Å²) >= 11 is 5.71. The van der Waals surface area contributed by atoms with Crippen molar-refractivity contribution in [1.29, 1.82) is 0 Å². The number of nitrogens with zero attached hydrogens (tertiary/aromatic N) is 2. The Bertz CT molecular complexity index is 397. The molecule has 4 heteroatoms. The Morgan fingerprint density at radius 3 is 2.88 bits per heavy atom. The van der Waals surface area contributed by atoms with Crippen molar-refractivity contribution in [2.45, 2.75) is 38.6 Å². The molecule has 0 aliphatic heterocycles. The first kappa shape index (κ1) is 12.6. The highest BCUT2D eigenvalue weighted by atomic mass is 35.5. The van der Waals surface area contributed by atoms with E-state index in [2.05, 4.69) is 11.9 Å². The molecule has 0 bridgehead atoms. The molecule has 1 fully saturated rings. The first-order valence-electron chi connectivity index (χ1n) is 6.12. The van der Waals surface area contributed by atoms with Crippen LogP contribution in [0.2, 0.25) is 5.02 Å². The van der Waals surface area contributed by atoms with E-state index in [1.807, 2.05) is 11.9 Å². The molecule has 1 aliphatic carbocycles. The molecule has 0 radical (unpaired) electrons. The van der Waals surface area contributed by atoms with Gasteiger partial charge < -0.3 is 4.90 Å². The van der Waals surface area contributed by atoms with Crippen LogP contribution >= 0.6 is 11.6 Å². The molecule has 1 saturated carbocycles. The standard InChI is InChI=1S/C13H18ClFN2/c1-9-4-3-5-11(6-9)17(2)13-12(15)7-10(14)8-16-13/h7-9,11H,3-6H2,1-2H3. The molecule has 0 N–H and O–H groups in total. The molecule has 0 aromatic carbocycles. The Labute approximate surface area is 107 Å². The Morgan fingerprint density at radius 2 is 2.24 bits per heavy atom. The molecular formula is C13H18ClFN2. The number of rotatable bonds is 2. The van der Waals surface area contributed by atoms with Gasteiger partial charge in [-0.3, -0.25) is 0 Å². The predicted octanol–water partition coefficient (Wildman–Crippen LogP) is 3.89. The molecule has 0 saturated heterocycles. The lowest BCUT2D eigenvalue weighted by Crippen LogP contribution is -2.36. The van der Waals surface area contributed by atoms with E-state index in [9.17, 15) is 4.39 Å². The topological polar surface area (TPSA) is 16.1 Å². The third-order valence-electron chi connectivity index (χ3n) is 3.58. The summed E-state index contributed by atoms with van der Waals surface area (Å²) in [6, 6.07) is 1.72. The van der Waals surface area contributed by atoms with Crippen molar-refractivity contribution in [1.82, 2.24) is 4.98 Å². The minimum Gasteiger partial charge on any atom is -0.354 e. The normalized spacial score (nSPS) is 24.7. The van der Waals surface area contributed by atoms with Gasteiger partial charge in [-0.1, -0.05) is 31.4 Å². The van der Waals surface area contributed by atoms with E-state index in [0.29, 0.717) is 22.8 Å². The molecule has 1 aliphatic rings. The molecular weight excluding hydrogens is 239 g/mol. The van der Waals surface area contributed by atoms with E-state index in [-0.39, 0.29) is 5.82 Å². The number of aromatic nitrogens is 1. The van der Waals surface area contributed by atoms with Crippen molar-refractivity contribution in [2.24, 2.45) is 5.92 Å². The summed E-state index contributed by atoms with van der Waals surface area (Å²) in [7, 11) is 1.92. The van der Waals surface area contributed by atoms with Crippen molar-refractivity contribution in [2.75, 3.05) is 11.9 Å². The van der Waals surface area contributed by atoms with Crippen LogP contribution in [0.5, 0.6) is 0 Å². The van der Waals surface area contributed by atoms with Gasteiger partial charge in [0.05, 0.1) is 5.02 Å². The minimum absolute atomic E-state index is 0.335. The van der Waals surface area contributed by atoms with Crippen LogP contribution in [0.4, 0.5) is 10.2 Å². The second-order valence-electron chi connectivity index (χ2n) is 5.00. The molecule has 1 heterocycles. The zero-order valence-electron chi connectivity index (χ0n) is 10.3. The Kier molecular flexibility index (Phi) is 3.87. The molecule has 94 valence electrons. The molecule has 0 spiro atoms. The van der Waals surface area contributed by atoms with Gasteiger partial charge in [-0.25, -0.2) is 9.37 Å². The van der Waals surface area contributed by atoms with E-state index in [1.165, 1.54) is 25.1 Å². The quantitative estimate of drug-likeness (QED) is 0.798. The van der Waals surface area contributed by atoms with Crippen molar-refractivity contribution in [3.8, 4) is 0 Å². The zero-order chi connectivity index (χ0) is 12.4. The monoisotopic (exact) mass is 256 g/mol. The maximum Gasteiger partial charge on any atom is 0.167 e. The van der Waals surface area contributed by atoms with Gasteiger partial charge in [0.15, 0.2) is 11.6 Å². The van der Waals surface area contributed by atoms with Gasteiger partial charge in [-0.05, 0) is 24.8 Å². The Balaban J connectivity index is 2.15. The molecule has 0 amide bonds. The summed E-state index contributed by atoms with van der Waals surface area (Å²) in [6.07, 6.45) is 6.22. The summed E-state index contributed by atoms with van der Waals surface area (Å²) in [4.78, 5) is 6.06. The SMILES string of the molecule is CC1CCCC(N(C)c2ncc(Cl)cc2F)C1. The fourth-order valence-corrected chi connectivity index (χ4v) is 2.74. The van der Waals surface area contributed by atoms with E-state index in [1.54, 1.807) is 0 Å². The van der Waals surface area contributed by atoms with Crippen LogP contribution in [-0.2, 0) is 0 Å². The molecule has 1 aromatic rings. The number of halogens is 2. The predicted molar refractivity (Wildman–Crippen MR) is 69.0 cm³/mol. The van der Waals surface area contributed by atoms with Crippen molar-refractivity contribution in [3.05, 3.63) is 23.1 Å². The summed E-state index contributed by atoms with van der Waals surface area (Å²) < 4.78 is 13.8. The fraction of sp³-hybridized carbons (Fsp3) is 0.615. The maximum absolute atomic E-state index is 13.8. The summed E-state index contributed by atoms with van der Waals surface area (Å²) in [5, 5.41) is 0.344.